The van der Waals surface area contributed by atoms with Crippen LogP contribution in [0.15, 0.2) is 77.6 Å². The van der Waals surface area contributed by atoms with Gasteiger partial charge in [0, 0.05) is 28.6 Å². The molecule has 0 fully saturated rings. The Balaban J connectivity index is 1.25. The minimum absolute atomic E-state index is 0.213. The summed E-state index contributed by atoms with van der Waals surface area (Å²) in [5.74, 6) is 1.19. The third-order valence-electron chi connectivity index (χ3n) is 4.94. The summed E-state index contributed by atoms with van der Waals surface area (Å²) in [6, 6.07) is 17.7. The smallest absolute Gasteiger partial charge is 0.258 e. The molecule has 0 saturated heterocycles. The number of hydrogen-bond donors (Lipinski definition) is 0. The number of benzene rings is 2. The lowest BCUT2D eigenvalue weighted by Crippen LogP contribution is -2.02. The van der Waals surface area contributed by atoms with Crippen LogP contribution < -0.4 is 4.74 Å². The Morgan fingerprint density at radius 1 is 1.03 bits per heavy atom. The molecule has 0 aliphatic rings. The maximum atomic E-state index is 13.8. The molecule has 0 amide bonds. The molecular formula is C24H19FN6O2. The van der Waals surface area contributed by atoms with Crippen molar-refractivity contribution in [2.45, 2.75) is 20.1 Å². The predicted octanol–water partition coefficient (Wildman–Crippen LogP) is 4.46. The largest absolute Gasteiger partial charge is 0.487 e. The standard InChI is InChI=1S/C24H19FN6O2/c1-16-9-10-18(12-26-16)23-27-24(33-29-23)17-6-4-7-21(11-17)32-15-20-14-31(30-28-20)13-19-5-2-3-8-22(19)25/h2-12,14H,13,15H2,1H3. The highest BCUT2D eigenvalue weighted by molar-refractivity contribution is 5.60. The molecule has 33 heavy (non-hydrogen) atoms. The highest BCUT2D eigenvalue weighted by atomic mass is 19.1. The fourth-order valence-electron chi connectivity index (χ4n) is 3.22. The van der Waals surface area contributed by atoms with Crippen molar-refractivity contribution in [3.05, 3.63) is 95.8 Å². The molecule has 0 saturated carbocycles. The Bertz CT molecular complexity index is 1380. The van der Waals surface area contributed by atoms with Gasteiger partial charge < -0.3 is 9.26 Å². The number of halogens is 1. The van der Waals surface area contributed by atoms with Gasteiger partial charge in [0.1, 0.15) is 23.9 Å². The van der Waals surface area contributed by atoms with Crippen molar-refractivity contribution in [1.82, 2.24) is 30.1 Å². The first-order valence-corrected chi connectivity index (χ1v) is 10.3. The van der Waals surface area contributed by atoms with Crippen LogP contribution in [0.3, 0.4) is 0 Å². The molecule has 0 aliphatic carbocycles. The van der Waals surface area contributed by atoms with Crippen molar-refractivity contribution in [2.75, 3.05) is 0 Å². The van der Waals surface area contributed by atoms with Crippen LogP contribution in [0.2, 0.25) is 0 Å². The van der Waals surface area contributed by atoms with E-state index in [1.54, 1.807) is 35.3 Å². The Labute approximate surface area is 188 Å². The van der Waals surface area contributed by atoms with Crippen LogP contribution in [0.4, 0.5) is 4.39 Å². The molecule has 5 rings (SSSR count). The van der Waals surface area contributed by atoms with Gasteiger partial charge in [-0.05, 0) is 43.3 Å². The van der Waals surface area contributed by atoms with Crippen molar-refractivity contribution < 1.29 is 13.7 Å². The Morgan fingerprint density at radius 2 is 1.94 bits per heavy atom. The topological polar surface area (TPSA) is 91.8 Å². The average Bonchev–Trinajstić information content (AvgIpc) is 3.50. The molecule has 2 aromatic carbocycles. The number of aromatic nitrogens is 6. The van der Waals surface area contributed by atoms with Crippen LogP contribution in [0, 0.1) is 12.7 Å². The van der Waals surface area contributed by atoms with Crippen LogP contribution in [0.1, 0.15) is 17.0 Å². The van der Waals surface area contributed by atoms with Crippen LogP contribution >= 0.6 is 0 Å². The number of ether oxygens (including phenoxy) is 1. The van der Waals surface area contributed by atoms with Crippen LogP contribution in [0.25, 0.3) is 22.8 Å². The van der Waals surface area contributed by atoms with E-state index in [9.17, 15) is 4.39 Å². The lowest BCUT2D eigenvalue weighted by molar-refractivity contribution is 0.301. The maximum absolute atomic E-state index is 13.8. The van der Waals surface area contributed by atoms with E-state index in [4.69, 9.17) is 9.26 Å². The molecule has 0 aliphatic heterocycles. The van der Waals surface area contributed by atoms with Gasteiger partial charge >= 0.3 is 0 Å². The van der Waals surface area contributed by atoms with E-state index in [1.165, 1.54) is 6.07 Å². The summed E-state index contributed by atoms with van der Waals surface area (Å²) in [7, 11) is 0. The number of nitrogens with zero attached hydrogens (tertiary/aromatic N) is 6. The van der Waals surface area contributed by atoms with E-state index in [-0.39, 0.29) is 12.4 Å². The summed E-state index contributed by atoms with van der Waals surface area (Å²) in [6.07, 6.45) is 3.44. The van der Waals surface area contributed by atoms with Crippen molar-refractivity contribution >= 4 is 0 Å². The number of aryl methyl sites for hydroxylation is 1. The molecule has 3 heterocycles. The van der Waals surface area contributed by atoms with Gasteiger partial charge in [-0.25, -0.2) is 9.07 Å². The molecule has 0 atom stereocenters. The van der Waals surface area contributed by atoms with Crippen molar-refractivity contribution in [2.24, 2.45) is 0 Å². The second kappa shape index (κ2) is 8.99. The summed E-state index contributed by atoms with van der Waals surface area (Å²) >= 11 is 0. The monoisotopic (exact) mass is 442 g/mol. The minimum Gasteiger partial charge on any atom is -0.487 e. The molecular weight excluding hydrogens is 423 g/mol. The van der Waals surface area contributed by atoms with Crippen LogP contribution in [-0.4, -0.2) is 30.1 Å². The first-order chi connectivity index (χ1) is 16.1. The molecule has 0 bridgehead atoms. The van der Waals surface area contributed by atoms with Gasteiger partial charge in [0.2, 0.25) is 5.82 Å². The minimum atomic E-state index is -0.273. The SMILES string of the molecule is Cc1ccc(-c2noc(-c3cccc(OCc4cn(Cc5ccccc5F)nn4)c3)n2)cn1. The first kappa shape index (κ1) is 20.5. The maximum Gasteiger partial charge on any atom is 0.258 e. The molecule has 0 radical (unpaired) electrons. The second-order valence-corrected chi connectivity index (χ2v) is 7.43. The molecule has 3 aromatic heterocycles. The Morgan fingerprint density at radius 3 is 2.79 bits per heavy atom. The van der Waals surface area contributed by atoms with Crippen molar-refractivity contribution in [1.29, 1.82) is 0 Å². The van der Waals surface area contributed by atoms with Gasteiger partial charge in [-0.15, -0.1) is 5.10 Å². The Kier molecular flexibility index (Phi) is 5.59. The van der Waals surface area contributed by atoms with Crippen LogP contribution in [-0.2, 0) is 13.2 Å². The first-order valence-electron chi connectivity index (χ1n) is 10.3. The summed E-state index contributed by atoms with van der Waals surface area (Å²) in [4.78, 5) is 8.72. The molecule has 9 heteroatoms. The molecule has 0 spiro atoms. The van der Waals surface area contributed by atoms with Gasteiger partial charge in [-0.3, -0.25) is 4.98 Å². The van der Waals surface area contributed by atoms with Crippen molar-refractivity contribution in [3.8, 4) is 28.6 Å². The van der Waals surface area contributed by atoms with Gasteiger partial charge in [-0.2, -0.15) is 4.98 Å². The third kappa shape index (κ3) is 4.77. The van der Waals surface area contributed by atoms with E-state index in [1.807, 2.05) is 43.3 Å². The molecule has 8 nitrogen and oxygen atoms in total. The highest BCUT2D eigenvalue weighted by Crippen LogP contribution is 2.25. The fraction of sp³-hybridized carbons (Fsp3) is 0.125. The van der Waals surface area contributed by atoms with Crippen LogP contribution in [0.5, 0.6) is 5.75 Å². The quantitative estimate of drug-likeness (QED) is 0.367. The fourth-order valence-corrected chi connectivity index (χ4v) is 3.22. The van der Waals surface area contributed by atoms with E-state index in [0.29, 0.717) is 35.3 Å². The number of hydrogen-bond acceptors (Lipinski definition) is 7. The average molecular weight is 442 g/mol. The molecule has 164 valence electrons. The second-order valence-electron chi connectivity index (χ2n) is 7.43. The Hall–Kier alpha value is -4.40. The summed E-state index contributed by atoms with van der Waals surface area (Å²) in [5.41, 5.74) is 3.60. The zero-order chi connectivity index (χ0) is 22.6. The zero-order valence-corrected chi connectivity index (χ0v) is 17.7. The lowest BCUT2D eigenvalue weighted by atomic mass is 10.2. The summed E-state index contributed by atoms with van der Waals surface area (Å²) in [5, 5.41) is 12.2. The van der Waals surface area contributed by atoms with Gasteiger partial charge in [0.15, 0.2) is 0 Å². The van der Waals surface area contributed by atoms with Gasteiger partial charge in [0.05, 0.1) is 12.7 Å². The number of pyridine rings is 1. The third-order valence-corrected chi connectivity index (χ3v) is 4.94. The normalized spacial score (nSPS) is 11.0. The van der Waals surface area contributed by atoms with E-state index >= 15 is 0 Å². The van der Waals surface area contributed by atoms with E-state index < -0.39 is 0 Å². The van der Waals surface area contributed by atoms with Crippen molar-refractivity contribution in [3.63, 3.8) is 0 Å². The van der Waals surface area contributed by atoms with Gasteiger partial charge in [0.25, 0.3) is 5.89 Å². The summed E-state index contributed by atoms with van der Waals surface area (Å²) in [6.45, 7) is 2.43. The van der Waals surface area contributed by atoms with E-state index in [2.05, 4.69) is 25.4 Å². The number of rotatable bonds is 7. The predicted molar refractivity (Wildman–Crippen MR) is 118 cm³/mol. The molecule has 0 N–H and O–H groups in total. The zero-order valence-electron chi connectivity index (χ0n) is 17.7. The summed E-state index contributed by atoms with van der Waals surface area (Å²) < 4.78 is 26.7. The highest BCUT2D eigenvalue weighted by Gasteiger charge is 2.12. The molecule has 0 unspecified atom stereocenters. The van der Waals surface area contributed by atoms with E-state index in [0.717, 1.165) is 16.8 Å². The lowest BCUT2D eigenvalue weighted by Gasteiger charge is -2.05. The molecule has 5 aromatic rings. The van der Waals surface area contributed by atoms with Gasteiger partial charge in [-0.1, -0.05) is 34.6 Å².